The molecule has 6 aromatic rings. The first-order chi connectivity index (χ1) is 18.4. The highest BCUT2D eigenvalue weighted by Gasteiger charge is 2.16. The molecule has 0 saturated heterocycles. The van der Waals surface area contributed by atoms with E-state index < -0.39 is 0 Å². The van der Waals surface area contributed by atoms with Gasteiger partial charge in [-0.15, -0.1) is 0 Å². The normalized spacial score (nSPS) is 11.5. The minimum atomic E-state index is -0.292. The summed E-state index contributed by atoms with van der Waals surface area (Å²) in [6.45, 7) is 0.282. The van der Waals surface area contributed by atoms with Crippen molar-refractivity contribution in [3.05, 3.63) is 79.0 Å². The van der Waals surface area contributed by atoms with Crippen LogP contribution in [0.4, 0.5) is 10.1 Å². The van der Waals surface area contributed by atoms with E-state index in [0.29, 0.717) is 22.9 Å². The number of amides is 1. The first-order valence-electron chi connectivity index (χ1n) is 11.9. The zero-order chi connectivity index (χ0) is 26.2. The number of hydrogen-bond donors (Lipinski definition) is 3. The number of carbonyl (C=O) groups excluding carboxylic acids is 1. The molecule has 38 heavy (non-hydrogen) atoms. The highest BCUT2D eigenvalue weighted by atomic mass is 19.1. The molecule has 188 valence electrons. The summed E-state index contributed by atoms with van der Waals surface area (Å²) in [6, 6.07) is 16.0. The molecule has 0 radical (unpaired) electrons. The van der Waals surface area contributed by atoms with Gasteiger partial charge in [0.15, 0.2) is 11.5 Å². The lowest BCUT2D eigenvalue weighted by molar-refractivity contribution is -0.116. The van der Waals surface area contributed by atoms with Gasteiger partial charge in [0.05, 0.1) is 29.5 Å². The fourth-order valence-electron chi connectivity index (χ4n) is 4.42. The SMILES string of the molecule is CN(C)CC(=O)Nc1cncc(-c2ccc3[nH]nc(-c4nc5nccc(-c6ccc(F)cc6)c5[nH]4)c3c2)c1. The molecule has 0 aliphatic heterocycles. The lowest BCUT2D eigenvalue weighted by atomic mass is 10.0. The van der Waals surface area contributed by atoms with Crippen LogP contribution in [0.2, 0.25) is 0 Å². The topological polar surface area (TPSA) is 115 Å². The Hall–Kier alpha value is -4.96. The highest BCUT2D eigenvalue weighted by molar-refractivity contribution is 5.98. The smallest absolute Gasteiger partial charge is 0.238 e. The van der Waals surface area contributed by atoms with E-state index in [0.717, 1.165) is 38.7 Å². The largest absolute Gasteiger partial charge is 0.335 e. The van der Waals surface area contributed by atoms with Crippen molar-refractivity contribution in [2.45, 2.75) is 0 Å². The number of benzene rings is 2. The van der Waals surface area contributed by atoms with Crippen LogP contribution in [-0.4, -0.2) is 61.6 Å². The number of carbonyl (C=O) groups is 1. The molecule has 0 spiro atoms. The summed E-state index contributed by atoms with van der Waals surface area (Å²) in [5.74, 6) is 0.160. The number of nitrogens with one attached hydrogen (secondary N) is 3. The van der Waals surface area contributed by atoms with Gasteiger partial charge in [-0.3, -0.25) is 14.9 Å². The van der Waals surface area contributed by atoms with Gasteiger partial charge in [0.2, 0.25) is 5.91 Å². The third-order valence-electron chi connectivity index (χ3n) is 6.15. The third-order valence-corrected chi connectivity index (χ3v) is 6.15. The molecule has 4 aromatic heterocycles. The van der Waals surface area contributed by atoms with E-state index >= 15 is 0 Å². The summed E-state index contributed by atoms with van der Waals surface area (Å²) < 4.78 is 13.5. The minimum absolute atomic E-state index is 0.111. The molecule has 10 heteroatoms. The number of halogens is 1. The number of rotatable bonds is 6. The second kappa shape index (κ2) is 9.49. The van der Waals surface area contributed by atoms with Gasteiger partial charge in [-0.25, -0.2) is 14.4 Å². The van der Waals surface area contributed by atoms with E-state index in [9.17, 15) is 9.18 Å². The number of aromatic amines is 2. The van der Waals surface area contributed by atoms with Crippen molar-refractivity contribution in [3.8, 4) is 33.8 Å². The van der Waals surface area contributed by atoms with Gasteiger partial charge in [-0.1, -0.05) is 18.2 Å². The Morgan fingerprint density at radius 2 is 1.82 bits per heavy atom. The Kier molecular flexibility index (Phi) is 5.85. The van der Waals surface area contributed by atoms with Crippen molar-refractivity contribution in [2.75, 3.05) is 26.0 Å². The van der Waals surface area contributed by atoms with Gasteiger partial charge in [-0.05, 0) is 61.6 Å². The van der Waals surface area contributed by atoms with E-state index in [-0.39, 0.29) is 18.3 Å². The number of anilines is 1. The Bertz CT molecular complexity index is 1790. The Morgan fingerprint density at radius 3 is 2.63 bits per heavy atom. The van der Waals surface area contributed by atoms with Gasteiger partial charge in [0.1, 0.15) is 11.5 Å². The van der Waals surface area contributed by atoms with Gasteiger partial charge >= 0.3 is 0 Å². The maximum Gasteiger partial charge on any atom is 0.238 e. The average Bonchev–Trinajstić information content (AvgIpc) is 3.52. The monoisotopic (exact) mass is 506 g/mol. The number of H-pyrrole nitrogens is 2. The van der Waals surface area contributed by atoms with Crippen LogP contribution in [0.5, 0.6) is 0 Å². The number of nitrogens with zero attached hydrogens (tertiary/aromatic N) is 5. The molecule has 0 unspecified atom stereocenters. The maximum absolute atomic E-state index is 13.5. The predicted octanol–water partition coefficient (Wildman–Crippen LogP) is 4.87. The summed E-state index contributed by atoms with van der Waals surface area (Å²) in [4.78, 5) is 30.8. The number of fused-ring (bicyclic) bond motifs is 2. The number of likely N-dealkylation sites (N-methyl/N-ethyl adjacent to an activating group) is 1. The lowest BCUT2D eigenvalue weighted by Crippen LogP contribution is -2.27. The Labute approximate surface area is 216 Å². The standard InChI is InChI=1S/C28H23FN8O/c1-37(2)15-24(38)32-20-11-18(13-30-14-20)17-5-8-23-22(12-17)26(36-35-23)28-33-25-21(9-10-31-27(25)34-28)16-3-6-19(29)7-4-16/h3-14H,15H2,1-2H3,(H,32,38)(H,35,36)(H,31,33,34). The molecule has 0 bridgehead atoms. The van der Waals surface area contributed by atoms with Crippen LogP contribution >= 0.6 is 0 Å². The molecule has 0 aliphatic carbocycles. The van der Waals surface area contributed by atoms with Crippen LogP contribution in [0.25, 0.3) is 55.8 Å². The van der Waals surface area contributed by atoms with Crippen molar-refractivity contribution in [2.24, 2.45) is 0 Å². The molecule has 0 atom stereocenters. The molecule has 3 N–H and O–H groups in total. The summed E-state index contributed by atoms with van der Waals surface area (Å²) in [6.07, 6.45) is 5.06. The second-order valence-electron chi connectivity index (χ2n) is 9.23. The average molecular weight is 507 g/mol. The fraction of sp³-hybridized carbons (Fsp3) is 0.107. The summed E-state index contributed by atoms with van der Waals surface area (Å²) in [5, 5.41) is 11.3. The van der Waals surface area contributed by atoms with Crippen LogP contribution in [-0.2, 0) is 4.79 Å². The van der Waals surface area contributed by atoms with Crippen molar-refractivity contribution < 1.29 is 9.18 Å². The molecule has 0 aliphatic rings. The number of pyridine rings is 2. The van der Waals surface area contributed by atoms with Crippen molar-refractivity contribution in [1.29, 1.82) is 0 Å². The molecule has 1 amide bonds. The predicted molar refractivity (Wildman–Crippen MR) is 145 cm³/mol. The van der Waals surface area contributed by atoms with Crippen LogP contribution in [0.1, 0.15) is 0 Å². The molecule has 9 nitrogen and oxygen atoms in total. The molecule has 6 rings (SSSR count). The molecular weight excluding hydrogens is 483 g/mol. The van der Waals surface area contributed by atoms with Crippen molar-refractivity contribution >= 4 is 33.7 Å². The second-order valence-corrected chi connectivity index (χ2v) is 9.23. The van der Waals surface area contributed by atoms with E-state index in [2.05, 4.69) is 30.5 Å². The first-order valence-corrected chi connectivity index (χ1v) is 11.9. The number of imidazole rings is 1. The van der Waals surface area contributed by atoms with E-state index in [1.807, 2.05) is 44.4 Å². The third kappa shape index (κ3) is 4.48. The fourth-order valence-corrected chi connectivity index (χ4v) is 4.42. The van der Waals surface area contributed by atoms with E-state index in [1.54, 1.807) is 35.6 Å². The quantitative estimate of drug-likeness (QED) is 0.297. The Balaban J connectivity index is 1.38. The van der Waals surface area contributed by atoms with Crippen LogP contribution in [0, 0.1) is 5.82 Å². The van der Waals surface area contributed by atoms with Crippen molar-refractivity contribution in [3.63, 3.8) is 0 Å². The molecule has 2 aromatic carbocycles. The van der Waals surface area contributed by atoms with Crippen LogP contribution < -0.4 is 5.32 Å². The molecule has 0 saturated carbocycles. The number of aromatic nitrogens is 6. The van der Waals surface area contributed by atoms with Crippen molar-refractivity contribution in [1.82, 2.24) is 35.0 Å². The Morgan fingerprint density at radius 1 is 1.00 bits per heavy atom. The maximum atomic E-state index is 13.5. The van der Waals surface area contributed by atoms with Gasteiger partial charge < -0.3 is 15.2 Å². The van der Waals surface area contributed by atoms with E-state index in [4.69, 9.17) is 4.98 Å². The van der Waals surface area contributed by atoms with E-state index in [1.165, 1.54) is 12.1 Å². The lowest BCUT2D eigenvalue weighted by Gasteiger charge is -2.11. The van der Waals surface area contributed by atoms with Gasteiger partial charge in [0.25, 0.3) is 0 Å². The summed E-state index contributed by atoms with van der Waals surface area (Å²) >= 11 is 0. The van der Waals surface area contributed by atoms with Crippen LogP contribution in [0.15, 0.2) is 73.2 Å². The molecule has 0 fully saturated rings. The summed E-state index contributed by atoms with van der Waals surface area (Å²) in [5.41, 5.74) is 6.89. The highest BCUT2D eigenvalue weighted by Crippen LogP contribution is 2.33. The minimum Gasteiger partial charge on any atom is -0.335 e. The molecular formula is C28H23FN8O. The zero-order valence-electron chi connectivity index (χ0n) is 20.7. The number of hydrogen-bond acceptors (Lipinski definition) is 6. The zero-order valence-corrected chi connectivity index (χ0v) is 20.7. The van der Waals surface area contributed by atoms with Crippen LogP contribution in [0.3, 0.4) is 0 Å². The first kappa shape index (κ1) is 23.4. The van der Waals surface area contributed by atoms with Gasteiger partial charge in [-0.2, -0.15) is 5.10 Å². The van der Waals surface area contributed by atoms with Gasteiger partial charge in [0, 0.05) is 28.9 Å². The molecule has 4 heterocycles. The summed E-state index contributed by atoms with van der Waals surface area (Å²) in [7, 11) is 3.68.